The minimum Gasteiger partial charge on any atom is -0.303 e. The van der Waals surface area contributed by atoms with Crippen LogP contribution < -0.4 is 5.32 Å². The first-order valence-electron chi connectivity index (χ1n) is 8.21. The number of allylic oxidation sites excluding steroid dienone is 1. The molecule has 2 aromatic rings. The Kier molecular flexibility index (Phi) is 6.57. The number of thioether (sulfide) groups is 1. The number of amides is 1. The van der Waals surface area contributed by atoms with Crippen molar-refractivity contribution < 1.29 is 9.59 Å². The summed E-state index contributed by atoms with van der Waals surface area (Å²) in [6, 6.07) is 16.4. The van der Waals surface area contributed by atoms with Gasteiger partial charge in [-0.05, 0) is 35.9 Å². The standard InChI is InChI=1S/C20H16ClN3O2S/c21-16-10-8-15(9-11-16)17(25)13-18-19(26)23-20(27-18)24-22-12-4-7-14-5-2-1-3-6-14/h1-12,18H,13H2,(H,23,24,26)/b7-4+,22-12+. The van der Waals surface area contributed by atoms with Crippen LogP contribution >= 0.6 is 23.4 Å². The SMILES string of the molecule is O=C(CC1S/C(=N/N=C/C=C/c2ccccc2)NC1=O)c1ccc(Cl)cc1. The topological polar surface area (TPSA) is 70.9 Å². The second-order valence-electron chi connectivity index (χ2n) is 5.67. The molecule has 0 radical (unpaired) electrons. The molecular weight excluding hydrogens is 382 g/mol. The Labute approximate surface area is 166 Å². The predicted molar refractivity (Wildman–Crippen MR) is 111 cm³/mol. The molecule has 1 atom stereocenters. The molecule has 0 saturated carbocycles. The maximum absolute atomic E-state index is 12.3. The minimum atomic E-state index is -0.512. The van der Waals surface area contributed by atoms with Crippen molar-refractivity contribution in [2.24, 2.45) is 10.2 Å². The van der Waals surface area contributed by atoms with Crippen molar-refractivity contribution in [1.29, 1.82) is 0 Å². The molecular formula is C20H16ClN3O2S. The fourth-order valence-electron chi connectivity index (χ4n) is 2.35. The number of halogens is 1. The summed E-state index contributed by atoms with van der Waals surface area (Å²) in [5, 5.41) is 11.0. The van der Waals surface area contributed by atoms with Gasteiger partial charge < -0.3 is 5.32 Å². The summed E-state index contributed by atoms with van der Waals surface area (Å²) in [7, 11) is 0. The molecule has 136 valence electrons. The van der Waals surface area contributed by atoms with Crippen molar-refractivity contribution in [3.8, 4) is 0 Å². The van der Waals surface area contributed by atoms with E-state index in [0.717, 1.165) is 5.56 Å². The highest BCUT2D eigenvalue weighted by Crippen LogP contribution is 2.24. The third kappa shape index (κ3) is 5.64. The van der Waals surface area contributed by atoms with Gasteiger partial charge in [-0.15, -0.1) is 5.10 Å². The molecule has 1 saturated heterocycles. The van der Waals surface area contributed by atoms with Crippen LogP contribution in [-0.4, -0.2) is 28.3 Å². The summed E-state index contributed by atoms with van der Waals surface area (Å²) in [6.07, 6.45) is 5.30. The molecule has 3 rings (SSSR count). The highest BCUT2D eigenvalue weighted by molar-refractivity contribution is 8.15. The van der Waals surface area contributed by atoms with Gasteiger partial charge in [0.25, 0.3) is 0 Å². The predicted octanol–water partition coefficient (Wildman–Crippen LogP) is 4.20. The summed E-state index contributed by atoms with van der Waals surface area (Å²) >= 11 is 7.03. The maximum atomic E-state index is 12.3. The van der Waals surface area contributed by atoms with E-state index in [1.165, 1.54) is 11.8 Å². The van der Waals surface area contributed by atoms with Crippen LogP contribution in [0.2, 0.25) is 5.02 Å². The van der Waals surface area contributed by atoms with Crippen molar-refractivity contribution in [3.05, 3.63) is 76.8 Å². The Morgan fingerprint density at radius 2 is 1.89 bits per heavy atom. The van der Waals surface area contributed by atoms with Crippen molar-refractivity contribution in [1.82, 2.24) is 5.32 Å². The number of Topliss-reactive ketones (excluding diaryl/α,β-unsaturated/α-hetero) is 1. The van der Waals surface area contributed by atoms with Gasteiger partial charge in [-0.25, -0.2) is 0 Å². The van der Waals surface area contributed by atoms with E-state index in [1.54, 1.807) is 36.6 Å². The lowest BCUT2D eigenvalue weighted by atomic mass is 10.1. The summed E-state index contributed by atoms with van der Waals surface area (Å²) in [5.74, 6) is -0.356. The number of rotatable bonds is 6. The van der Waals surface area contributed by atoms with Gasteiger partial charge in [0.2, 0.25) is 5.91 Å². The van der Waals surface area contributed by atoms with E-state index >= 15 is 0 Å². The number of hydrogen-bond acceptors (Lipinski definition) is 5. The van der Waals surface area contributed by atoms with Crippen molar-refractivity contribution >= 4 is 52.5 Å². The molecule has 1 fully saturated rings. The van der Waals surface area contributed by atoms with Crippen LogP contribution in [0.5, 0.6) is 0 Å². The molecule has 0 spiro atoms. The summed E-state index contributed by atoms with van der Waals surface area (Å²) in [4.78, 5) is 24.3. The smallest absolute Gasteiger partial charge is 0.240 e. The van der Waals surface area contributed by atoms with Crippen LogP contribution in [0.25, 0.3) is 6.08 Å². The van der Waals surface area contributed by atoms with E-state index in [1.807, 2.05) is 36.4 Å². The van der Waals surface area contributed by atoms with Gasteiger partial charge >= 0.3 is 0 Å². The lowest BCUT2D eigenvalue weighted by molar-refractivity contribution is -0.118. The first kappa shape index (κ1) is 19.1. The van der Waals surface area contributed by atoms with E-state index < -0.39 is 5.25 Å². The van der Waals surface area contributed by atoms with Crippen LogP contribution in [0.4, 0.5) is 0 Å². The molecule has 7 heteroatoms. The average Bonchev–Trinajstić information content (AvgIpc) is 3.02. The molecule has 1 heterocycles. The number of benzene rings is 2. The second-order valence-corrected chi connectivity index (χ2v) is 7.30. The van der Waals surface area contributed by atoms with Gasteiger partial charge in [0.15, 0.2) is 11.0 Å². The van der Waals surface area contributed by atoms with Crippen LogP contribution in [0.1, 0.15) is 22.3 Å². The Morgan fingerprint density at radius 1 is 1.15 bits per heavy atom. The highest BCUT2D eigenvalue weighted by atomic mass is 35.5. The van der Waals surface area contributed by atoms with E-state index in [-0.39, 0.29) is 18.1 Å². The number of ketones is 1. The average molecular weight is 398 g/mol. The largest absolute Gasteiger partial charge is 0.303 e. The molecule has 5 nitrogen and oxygen atoms in total. The summed E-state index contributed by atoms with van der Waals surface area (Å²) in [6.45, 7) is 0. The summed E-state index contributed by atoms with van der Waals surface area (Å²) in [5.41, 5.74) is 1.59. The number of carbonyl (C=O) groups excluding carboxylic acids is 2. The molecule has 2 aromatic carbocycles. The maximum Gasteiger partial charge on any atom is 0.240 e. The number of nitrogens with zero attached hydrogens (tertiary/aromatic N) is 2. The quantitative estimate of drug-likeness (QED) is 0.451. The fraction of sp³-hybridized carbons (Fsp3) is 0.100. The Morgan fingerprint density at radius 3 is 2.63 bits per heavy atom. The normalized spacial score (nSPS) is 18.5. The molecule has 1 N–H and O–H groups in total. The molecule has 1 aliphatic heterocycles. The number of nitrogens with one attached hydrogen (secondary N) is 1. The molecule has 1 unspecified atom stereocenters. The zero-order valence-corrected chi connectivity index (χ0v) is 15.8. The zero-order valence-electron chi connectivity index (χ0n) is 14.2. The fourth-order valence-corrected chi connectivity index (χ4v) is 3.40. The molecule has 1 aliphatic rings. The molecule has 1 amide bonds. The van der Waals surface area contributed by atoms with Gasteiger partial charge in [0.1, 0.15) is 0 Å². The highest BCUT2D eigenvalue weighted by Gasteiger charge is 2.32. The minimum absolute atomic E-state index is 0.0920. The van der Waals surface area contributed by atoms with Crippen molar-refractivity contribution in [3.63, 3.8) is 0 Å². The van der Waals surface area contributed by atoms with Crippen LogP contribution in [-0.2, 0) is 4.79 Å². The number of amidine groups is 1. The lowest BCUT2D eigenvalue weighted by Gasteiger charge is -2.04. The summed E-state index contributed by atoms with van der Waals surface area (Å²) < 4.78 is 0. The third-order valence-electron chi connectivity index (χ3n) is 3.70. The monoisotopic (exact) mass is 397 g/mol. The Balaban J connectivity index is 1.54. The van der Waals surface area contributed by atoms with Gasteiger partial charge in [-0.1, -0.05) is 59.8 Å². The van der Waals surface area contributed by atoms with Crippen LogP contribution in [0.3, 0.4) is 0 Å². The van der Waals surface area contributed by atoms with Gasteiger partial charge in [-0.3, -0.25) is 9.59 Å². The first-order chi connectivity index (χ1) is 13.1. The van der Waals surface area contributed by atoms with Crippen LogP contribution in [0, 0.1) is 0 Å². The van der Waals surface area contributed by atoms with Crippen molar-refractivity contribution in [2.45, 2.75) is 11.7 Å². The second kappa shape index (κ2) is 9.30. The number of hydrogen-bond donors (Lipinski definition) is 1. The van der Waals surface area contributed by atoms with E-state index in [4.69, 9.17) is 11.6 Å². The van der Waals surface area contributed by atoms with E-state index in [0.29, 0.717) is 15.8 Å². The molecule has 0 aliphatic carbocycles. The molecule has 0 aromatic heterocycles. The zero-order chi connectivity index (χ0) is 19.1. The van der Waals surface area contributed by atoms with E-state index in [2.05, 4.69) is 15.5 Å². The molecule has 0 bridgehead atoms. The van der Waals surface area contributed by atoms with Crippen LogP contribution in [0.15, 0.2) is 70.9 Å². The van der Waals surface area contributed by atoms with Gasteiger partial charge in [-0.2, -0.15) is 5.10 Å². The molecule has 27 heavy (non-hydrogen) atoms. The third-order valence-corrected chi connectivity index (χ3v) is 5.03. The van der Waals surface area contributed by atoms with Crippen molar-refractivity contribution in [2.75, 3.05) is 0 Å². The van der Waals surface area contributed by atoms with E-state index in [9.17, 15) is 9.59 Å². The lowest BCUT2D eigenvalue weighted by Crippen LogP contribution is -2.26. The Bertz CT molecular complexity index is 909. The van der Waals surface area contributed by atoms with Gasteiger partial charge in [0.05, 0.1) is 5.25 Å². The first-order valence-corrected chi connectivity index (χ1v) is 9.46. The number of carbonyl (C=O) groups is 2. The van der Waals surface area contributed by atoms with Gasteiger partial charge in [0, 0.05) is 23.2 Å². The Hall–Kier alpha value is -2.70.